The number of sulfonamides is 1. The molecule has 12 heteroatoms. The van der Waals surface area contributed by atoms with E-state index in [0.29, 0.717) is 38.6 Å². The summed E-state index contributed by atoms with van der Waals surface area (Å²) in [4.78, 5) is 27.6. The van der Waals surface area contributed by atoms with E-state index in [-0.39, 0.29) is 30.2 Å². The zero-order chi connectivity index (χ0) is 27.0. The first-order valence-electron chi connectivity index (χ1n) is 12.2. The van der Waals surface area contributed by atoms with Gasteiger partial charge in [-0.25, -0.2) is 8.42 Å². The van der Waals surface area contributed by atoms with E-state index in [0.717, 1.165) is 22.0 Å². The van der Waals surface area contributed by atoms with Crippen molar-refractivity contribution in [2.45, 2.75) is 18.0 Å². The Morgan fingerprint density at radius 2 is 1.68 bits per heavy atom. The van der Waals surface area contributed by atoms with Gasteiger partial charge in [-0.1, -0.05) is 30.3 Å². The van der Waals surface area contributed by atoms with Crippen LogP contribution in [0.2, 0.25) is 0 Å². The minimum atomic E-state index is -4.13. The van der Waals surface area contributed by atoms with Crippen molar-refractivity contribution in [3.05, 3.63) is 94.4 Å². The van der Waals surface area contributed by atoms with Gasteiger partial charge in [0.25, 0.3) is 5.69 Å². The molecule has 0 radical (unpaired) electrons. The number of hydrogen-bond donors (Lipinski definition) is 0. The maximum atomic E-state index is 13.6. The molecule has 1 saturated heterocycles. The normalized spacial score (nSPS) is 14.4. The number of furan rings is 1. The highest BCUT2D eigenvalue weighted by Crippen LogP contribution is 2.21. The van der Waals surface area contributed by atoms with E-state index >= 15 is 0 Å². The minimum Gasteiger partial charge on any atom is -0.467 e. The van der Waals surface area contributed by atoms with Crippen molar-refractivity contribution in [3.63, 3.8) is 0 Å². The molecule has 1 aliphatic rings. The molecule has 0 aliphatic carbocycles. The quantitative estimate of drug-likeness (QED) is 0.253. The first-order chi connectivity index (χ1) is 18.3. The van der Waals surface area contributed by atoms with Gasteiger partial charge in [0, 0.05) is 44.9 Å². The lowest BCUT2D eigenvalue weighted by Crippen LogP contribution is -2.47. The minimum absolute atomic E-state index is 0.0744. The van der Waals surface area contributed by atoms with Crippen LogP contribution >= 0.6 is 0 Å². The molecular formula is C26H30N4O7S. The molecule has 0 atom stereocenters. The smallest absolute Gasteiger partial charge is 0.269 e. The Labute approximate surface area is 221 Å². The van der Waals surface area contributed by atoms with Gasteiger partial charge >= 0.3 is 0 Å². The Morgan fingerprint density at radius 3 is 2.32 bits per heavy atom. The fraction of sp³-hybridized carbons (Fsp3) is 0.346. The van der Waals surface area contributed by atoms with Crippen molar-refractivity contribution in [1.82, 2.24) is 14.1 Å². The van der Waals surface area contributed by atoms with Crippen LogP contribution in [-0.4, -0.2) is 79.3 Å². The lowest BCUT2D eigenvalue weighted by molar-refractivity contribution is -0.384. The molecule has 1 aromatic heterocycles. The highest BCUT2D eigenvalue weighted by atomic mass is 32.2. The fourth-order valence-corrected chi connectivity index (χ4v) is 5.51. The summed E-state index contributed by atoms with van der Waals surface area (Å²) in [6.45, 7) is 2.99. The van der Waals surface area contributed by atoms with Crippen molar-refractivity contribution >= 4 is 21.6 Å². The standard InChI is InChI=1S/C26H30N4O7S/c31-26(28(20-24-7-4-16-37-24)19-22-5-2-1-3-6-22)21-29(13-12-27-14-17-36-18-15-27)38(34,35)25-10-8-23(9-11-25)30(32)33/h1-11,16H,12-15,17-21H2. The first kappa shape index (κ1) is 27.5. The van der Waals surface area contributed by atoms with Crippen molar-refractivity contribution < 1.29 is 27.3 Å². The summed E-state index contributed by atoms with van der Waals surface area (Å²) in [5, 5.41) is 11.0. The summed E-state index contributed by atoms with van der Waals surface area (Å²) in [6, 6.07) is 17.6. The number of nitro groups is 1. The van der Waals surface area contributed by atoms with Crippen molar-refractivity contribution in [2.24, 2.45) is 0 Å². The number of benzene rings is 2. The van der Waals surface area contributed by atoms with Gasteiger partial charge in [-0.3, -0.25) is 19.8 Å². The number of non-ortho nitro benzene ring substituents is 1. The lowest BCUT2D eigenvalue weighted by Gasteiger charge is -2.30. The highest BCUT2D eigenvalue weighted by Gasteiger charge is 2.30. The molecule has 0 N–H and O–H groups in total. The summed E-state index contributed by atoms with van der Waals surface area (Å²) in [6.07, 6.45) is 1.52. The van der Waals surface area contributed by atoms with Crippen molar-refractivity contribution in [2.75, 3.05) is 45.9 Å². The van der Waals surface area contributed by atoms with Gasteiger partial charge in [-0.05, 0) is 29.8 Å². The van der Waals surface area contributed by atoms with E-state index in [1.54, 1.807) is 17.0 Å². The number of carbonyl (C=O) groups is 1. The second kappa shape index (κ2) is 12.8. The van der Waals surface area contributed by atoms with Crippen LogP contribution in [0.3, 0.4) is 0 Å². The predicted molar refractivity (Wildman–Crippen MR) is 139 cm³/mol. The summed E-state index contributed by atoms with van der Waals surface area (Å²) < 4.78 is 39.3. The SMILES string of the molecule is O=C(CN(CCN1CCOCC1)S(=O)(=O)c1ccc([N+](=O)[O-])cc1)N(Cc1ccccc1)Cc1ccco1. The van der Waals surface area contributed by atoms with Crippen LogP contribution in [0.25, 0.3) is 0 Å². The third kappa shape index (κ3) is 7.25. The van der Waals surface area contributed by atoms with Crippen molar-refractivity contribution in [1.29, 1.82) is 0 Å². The van der Waals surface area contributed by atoms with E-state index in [2.05, 4.69) is 4.90 Å². The average Bonchev–Trinajstić information content (AvgIpc) is 3.45. The molecule has 0 saturated carbocycles. The molecule has 3 aromatic rings. The van der Waals surface area contributed by atoms with Gasteiger partial charge in [0.1, 0.15) is 5.76 Å². The van der Waals surface area contributed by atoms with E-state index in [4.69, 9.17) is 9.15 Å². The Balaban J connectivity index is 1.57. The molecule has 0 unspecified atom stereocenters. The number of nitro benzene ring substituents is 1. The molecule has 1 fully saturated rings. The molecule has 38 heavy (non-hydrogen) atoms. The molecule has 1 amide bonds. The Bertz CT molecular complexity index is 1290. The fourth-order valence-electron chi connectivity index (χ4n) is 4.13. The third-order valence-electron chi connectivity index (χ3n) is 6.26. The van der Waals surface area contributed by atoms with E-state index in [9.17, 15) is 23.3 Å². The van der Waals surface area contributed by atoms with Crippen LogP contribution in [0.1, 0.15) is 11.3 Å². The molecule has 202 valence electrons. The number of carbonyl (C=O) groups excluding carboxylic acids is 1. The number of nitrogens with zero attached hydrogens (tertiary/aromatic N) is 4. The van der Waals surface area contributed by atoms with Crippen LogP contribution < -0.4 is 0 Å². The average molecular weight is 543 g/mol. The molecule has 0 spiro atoms. The summed E-state index contributed by atoms with van der Waals surface area (Å²) in [5.74, 6) is 0.185. The van der Waals surface area contributed by atoms with Gasteiger partial charge in [-0.2, -0.15) is 4.31 Å². The van der Waals surface area contributed by atoms with Crippen LogP contribution in [0, 0.1) is 10.1 Å². The molecule has 11 nitrogen and oxygen atoms in total. The number of amides is 1. The monoisotopic (exact) mass is 542 g/mol. The molecule has 1 aliphatic heterocycles. The van der Waals surface area contributed by atoms with Gasteiger partial charge < -0.3 is 14.1 Å². The topological polar surface area (TPSA) is 126 Å². The molecule has 0 bridgehead atoms. The second-order valence-corrected chi connectivity index (χ2v) is 10.8. The molecular weight excluding hydrogens is 512 g/mol. The zero-order valence-electron chi connectivity index (χ0n) is 20.8. The van der Waals surface area contributed by atoms with Crippen LogP contribution in [-0.2, 0) is 32.6 Å². The van der Waals surface area contributed by atoms with Gasteiger partial charge in [0.05, 0.1) is 42.4 Å². The third-order valence-corrected chi connectivity index (χ3v) is 8.12. The first-order valence-corrected chi connectivity index (χ1v) is 13.7. The molecule has 2 heterocycles. The van der Waals surface area contributed by atoms with Gasteiger partial charge in [0.15, 0.2) is 0 Å². The van der Waals surface area contributed by atoms with Crippen LogP contribution in [0.5, 0.6) is 0 Å². The maximum absolute atomic E-state index is 13.6. The van der Waals surface area contributed by atoms with Gasteiger partial charge in [0.2, 0.25) is 15.9 Å². The summed E-state index contributed by atoms with van der Waals surface area (Å²) in [7, 11) is -4.13. The van der Waals surface area contributed by atoms with E-state index < -0.39 is 27.4 Å². The number of morpholine rings is 1. The van der Waals surface area contributed by atoms with Crippen molar-refractivity contribution in [3.8, 4) is 0 Å². The summed E-state index contributed by atoms with van der Waals surface area (Å²) in [5.41, 5.74) is 0.679. The maximum Gasteiger partial charge on any atom is 0.269 e. The van der Waals surface area contributed by atoms with E-state index in [1.807, 2.05) is 30.3 Å². The number of ether oxygens (including phenoxy) is 1. The van der Waals surface area contributed by atoms with Crippen LogP contribution in [0.15, 0.2) is 82.3 Å². The number of rotatable bonds is 12. The molecule has 2 aromatic carbocycles. The summed E-state index contributed by atoms with van der Waals surface area (Å²) >= 11 is 0. The second-order valence-electron chi connectivity index (χ2n) is 8.86. The Morgan fingerprint density at radius 1 is 0.974 bits per heavy atom. The molecule has 4 rings (SSSR count). The van der Waals surface area contributed by atoms with E-state index in [1.165, 1.54) is 18.4 Å². The Hall–Kier alpha value is -3.58. The number of hydrogen-bond acceptors (Lipinski definition) is 8. The lowest BCUT2D eigenvalue weighted by atomic mass is 10.2. The van der Waals surface area contributed by atoms with Crippen LogP contribution in [0.4, 0.5) is 5.69 Å². The largest absolute Gasteiger partial charge is 0.467 e. The Kier molecular flexibility index (Phi) is 9.24. The highest BCUT2D eigenvalue weighted by molar-refractivity contribution is 7.89. The zero-order valence-corrected chi connectivity index (χ0v) is 21.7. The predicted octanol–water partition coefficient (Wildman–Crippen LogP) is 2.74. The van der Waals surface area contributed by atoms with Gasteiger partial charge in [-0.15, -0.1) is 0 Å².